The van der Waals surface area contributed by atoms with Crippen LogP contribution in [0.3, 0.4) is 0 Å². The first-order chi connectivity index (χ1) is 9.69. The topological polar surface area (TPSA) is 67.0 Å². The number of carbonyl (C=O) groups is 1. The third-order valence-corrected chi connectivity index (χ3v) is 2.76. The van der Waals surface area contributed by atoms with Gasteiger partial charge in [-0.3, -0.25) is 4.79 Å². The minimum atomic E-state index is -0.398. The summed E-state index contributed by atoms with van der Waals surface area (Å²) in [5.74, 6) is 0.347. The lowest BCUT2D eigenvalue weighted by molar-refractivity contribution is -0.123. The van der Waals surface area contributed by atoms with E-state index in [9.17, 15) is 9.18 Å². The van der Waals surface area contributed by atoms with Crippen molar-refractivity contribution in [3.05, 3.63) is 48.3 Å². The average molecular weight is 277 g/mol. The van der Waals surface area contributed by atoms with Crippen LogP contribution in [0.25, 0.3) is 0 Å². The van der Waals surface area contributed by atoms with E-state index in [1.54, 1.807) is 18.5 Å². The maximum absolute atomic E-state index is 12.9. The molecule has 5 nitrogen and oxygen atoms in total. The monoisotopic (exact) mass is 277 g/mol. The summed E-state index contributed by atoms with van der Waals surface area (Å²) in [6, 6.07) is 5.49. The number of halogens is 1. The summed E-state index contributed by atoms with van der Waals surface area (Å²) < 4.78 is 18.2. The Kier molecular flexibility index (Phi) is 4.70. The molecule has 0 saturated heterocycles. The first kappa shape index (κ1) is 14.0. The van der Waals surface area contributed by atoms with E-state index in [4.69, 9.17) is 4.74 Å². The van der Waals surface area contributed by atoms with E-state index in [0.717, 1.165) is 0 Å². The Labute approximate surface area is 116 Å². The smallest absolute Gasteiger partial charge is 0.258 e. The van der Waals surface area contributed by atoms with Crippen LogP contribution in [0.1, 0.15) is 25.2 Å². The Morgan fingerprint density at radius 3 is 3.05 bits per heavy atom. The number of carbonyl (C=O) groups excluding carboxylic acids is 1. The molecule has 1 unspecified atom stereocenters. The first-order valence-electron chi connectivity index (χ1n) is 6.36. The summed E-state index contributed by atoms with van der Waals surface area (Å²) in [6.45, 7) is 1.78. The highest BCUT2D eigenvalue weighted by atomic mass is 19.1. The normalized spacial score (nSPS) is 11.9. The van der Waals surface area contributed by atoms with Gasteiger partial charge in [-0.25, -0.2) is 9.37 Å². The molecule has 0 aliphatic rings. The minimum Gasteiger partial charge on any atom is -0.484 e. The van der Waals surface area contributed by atoms with Gasteiger partial charge < -0.3 is 15.0 Å². The number of ether oxygens (including phenoxy) is 1. The molecule has 2 aromatic rings. The van der Waals surface area contributed by atoms with Crippen LogP contribution in [0.4, 0.5) is 4.39 Å². The number of hydrogen-bond acceptors (Lipinski definition) is 3. The van der Waals surface area contributed by atoms with Crippen molar-refractivity contribution in [2.24, 2.45) is 0 Å². The summed E-state index contributed by atoms with van der Waals surface area (Å²) in [6.07, 6.45) is 4.04. The fourth-order valence-corrected chi connectivity index (χ4v) is 1.77. The van der Waals surface area contributed by atoms with Gasteiger partial charge in [0.15, 0.2) is 6.61 Å². The molecular formula is C14H16FN3O2. The summed E-state index contributed by atoms with van der Waals surface area (Å²) in [7, 11) is 0. The van der Waals surface area contributed by atoms with Crippen LogP contribution in [0.5, 0.6) is 5.75 Å². The highest BCUT2D eigenvalue weighted by Gasteiger charge is 2.14. The van der Waals surface area contributed by atoms with Crippen LogP contribution in [-0.2, 0) is 4.79 Å². The van der Waals surface area contributed by atoms with Gasteiger partial charge in [-0.1, -0.05) is 13.0 Å². The molecule has 2 rings (SSSR count). The van der Waals surface area contributed by atoms with Gasteiger partial charge in [-0.05, 0) is 18.6 Å². The molecule has 106 valence electrons. The zero-order valence-corrected chi connectivity index (χ0v) is 11.1. The molecule has 1 amide bonds. The van der Waals surface area contributed by atoms with Gasteiger partial charge in [-0.15, -0.1) is 0 Å². The predicted molar refractivity (Wildman–Crippen MR) is 71.7 cm³/mol. The fraction of sp³-hybridized carbons (Fsp3) is 0.286. The Balaban J connectivity index is 1.86. The Bertz CT molecular complexity index is 557. The van der Waals surface area contributed by atoms with Crippen LogP contribution in [0, 0.1) is 5.82 Å². The third-order valence-electron chi connectivity index (χ3n) is 2.76. The van der Waals surface area contributed by atoms with Gasteiger partial charge in [0.05, 0.1) is 6.04 Å². The van der Waals surface area contributed by atoms with Gasteiger partial charge in [0.1, 0.15) is 17.4 Å². The molecule has 2 N–H and O–H groups in total. The number of aromatic amines is 1. The Morgan fingerprint density at radius 2 is 2.40 bits per heavy atom. The van der Waals surface area contributed by atoms with Crippen molar-refractivity contribution in [3.63, 3.8) is 0 Å². The summed E-state index contributed by atoms with van der Waals surface area (Å²) in [5.41, 5.74) is 0. The van der Waals surface area contributed by atoms with E-state index in [1.165, 1.54) is 18.2 Å². The molecule has 6 heteroatoms. The second-order valence-corrected chi connectivity index (χ2v) is 4.25. The third kappa shape index (κ3) is 3.81. The van der Waals surface area contributed by atoms with E-state index in [0.29, 0.717) is 18.0 Å². The molecule has 0 spiro atoms. The second-order valence-electron chi connectivity index (χ2n) is 4.25. The van der Waals surface area contributed by atoms with Crippen LogP contribution in [0.2, 0.25) is 0 Å². The lowest BCUT2D eigenvalue weighted by Crippen LogP contribution is -2.32. The van der Waals surface area contributed by atoms with Gasteiger partial charge in [0.2, 0.25) is 0 Å². The number of amides is 1. The van der Waals surface area contributed by atoms with Crippen LogP contribution < -0.4 is 10.1 Å². The standard InChI is InChI=1S/C14H16FN3O2/c1-2-12(14-16-6-7-17-14)18-13(19)9-20-11-5-3-4-10(15)8-11/h3-8,12H,2,9H2,1H3,(H,16,17)(H,18,19). The van der Waals surface area contributed by atoms with Crippen LogP contribution in [-0.4, -0.2) is 22.5 Å². The van der Waals surface area contributed by atoms with Crippen LogP contribution >= 0.6 is 0 Å². The van der Waals surface area contributed by atoms with E-state index in [2.05, 4.69) is 15.3 Å². The van der Waals surface area contributed by atoms with Gasteiger partial charge >= 0.3 is 0 Å². The van der Waals surface area contributed by atoms with Crippen molar-refractivity contribution >= 4 is 5.91 Å². The van der Waals surface area contributed by atoms with Crippen molar-refractivity contribution in [1.29, 1.82) is 0 Å². The van der Waals surface area contributed by atoms with Crippen LogP contribution in [0.15, 0.2) is 36.7 Å². The minimum absolute atomic E-state index is 0.166. The average Bonchev–Trinajstić information content (AvgIpc) is 2.96. The predicted octanol–water partition coefficient (Wildman–Crippen LogP) is 2.20. The molecule has 20 heavy (non-hydrogen) atoms. The number of rotatable bonds is 6. The number of H-pyrrole nitrogens is 1. The fourth-order valence-electron chi connectivity index (χ4n) is 1.77. The maximum Gasteiger partial charge on any atom is 0.258 e. The van der Waals surface area contributed by atoms with E-state index in [-0.39, 0.29) is 18.6 Å². The maximum atomic E-state index is 12.9. The molecule has 0 aliphatic heterocycles. The molecule has 1 heterocycles. The second kappa shape index (κ2) is 6.70. The summed E-state index contributed by atoms with van der Waals surface area (Å²) in [5, 5.41) is 2.80. The number of aromatic nitrogens is 2. The first-order valence-corrected chi connectivity index (χ1v) is 6.36. The van der Waals surface area contributed by atoms with Crippen molar-refractivity contribution in [2.75, 3.05) is 6.61 Å². The van der Waals surface area contributed by atoms with Crippen molar-refractivity contribution in [2.45, 2.75) is 19.4 Å². The lowest BCUT2D eigenvalue weighted by atomic mass is 10.2. The zero-order valence-electron chi connectivity index (χ0n) is 11.1. The molecule has 0 aliphatic carbocycles. The number of nitrogens with zero attached hydrogens (tertiary/aromatic N) is 1. The number of benzene rings is 1. The van der Waals surface area contributed by atoms with E-state index >= 15 is 0 Å². The number of imidazole rings is 1. The SMILES string of the molecule is CCC(NC(=O)COc1cccc(F)c1)c1ncc[nH]1. The molecule has 0 radical (unpaired) electrons. The Morgan fingerprint density at radius 1 is 1.55 bits per heavy atom. The van der Waals surface area contributed by atoms with Gasteiger partial charge in [0.25, 0.3) is 5.91 Å². The van der Waals surface area contributed by atoms with E-state index < -0.39 is 5.82 Å². The highest BCUT2D eigenvalue weighted by Crippen LogP contribution is 2.13. The van der Waals surface area contributed by atoms with E-state index in [1.807, 2.05) is 6.92 Å². The zero-order chi connectivity index (χ0) is 14.4. The highest BCUT2D eigenvalue weighted by molar-refractivity contribution is 5.77. The van der Waals surface area contributed by atoms with Crippen molar-refractivity contribution in [1.82, 2.24) is 15.3 Å². The molecule has 0 fully saturated rings. The molecular weight excluding hydrogens is 261 g/mol. The van der Waals surface area contributed by atoms with Crippen molar-refractivity contribution < 1.29 is 13.9 Å². The lowest BCUT2D eigenvalue weighted by Gasteiger charge is -2.15. The molecule has 1 aromatic heterocycles. The summed E-state index contributed by atoms with van der Waals surface area (Å²) >= 11 is 0. The largest absolute Gasteiger partial charge is 0.484 e. The summed E-state index contributed by atoms with van der Waals surface area (Å²) in [4.78, 5) is 18.9. The Hall–Kier alpha value is -2.37. The number of hydrogen-bond donors (Lipinski definition) is 2. The van der Waals surface area contributed by atoms with Gasteiger partial charge in [0, 0.05) is 18.5 Å². The molecule has 1 atom stereocenters. The molecule has 0 bridgehead atoms. The quantitative estimate of drug-likeness (QED) is 0.850. The van der Waals surface area contributed by atoms with Gasteiger partial charge in [-0.2, -0.15) is 0 Å². The van der Waals surface area contributed by atoms with Crippen molar-refractivity contribution in [3.8, 4) is 5.75 Å². The molecule has 1 aromatic carbocycles. The molecule has 0 saturated carbocycles. The number of nitrogens with one attached hydrogen (secondary N) is 2.